The van der Waals surface area contributed by atoms with Crippen LogP contribution in [0.2, 0.25) is 0 Å². The van der Waals surface area contributed by atoms with Gasteiger partial charge in [-0.15, -0.1) is 10.2 Å². The number of hydrogen-bond acceptors (Lipinski definition) is 7. The predicted octanol–water partition coefficient (Wildman–Crippen LogP) is 4.00. The topological polar surface area (TPSA) is 88.3 Å². The molecule has 0 saturated carbocycles. The van der Waals surface area contributed by atoms with Crippen molar-refractivity contribution in [2.45, 2.75) is 19.8 Å². The summed E-state index contributed by atoms with van der Waals surface area (Å²) in [6.07, 6.45) is 2.40. The molecule has 33 heavy (non-hydrogen) atoms. The molecule has 0 unspecified atom stereocenters. The molecule has 1 N–H and O–H groups in total. The Morgan fingerprint density at radius 1 is 1.15 bits per heavy atom. The summed E-state index contributed by atoms with van der Waals surface area (Å²) >= 11 is 6.60. The Labute approximate surface area is 201 Å². The van der Waals surface area contributed by atoms with Gasteiger partial charge in [0.1, 0.15) is 4.32 Å². The molecule has 1 saturated heterocycles. The van der Waals surface area contributed by atoms with Gasteiger partial charge in [0.25, 0.3) is 5.91 Å². The van der Waals surface area contributed by atoms with E-state index in [1.54, 1.807) is 0 Å². The third kappa shape index (κ3) is 5.94. The minimum atomic E-state index is -0.172. The van der Waals surface area contributed by atoms with Crippen LogP contribution in [0.25, 0.3) is 17.5 Å². The molecule has 168 valence electrons. The van der Waals surface area contributed by atoms with Crippen LogP contribution < -0.4 is 5.32 Å². The van der Waals surface area contributed by atoms with Crippen molar-refractivity contribution in [3.63, 3.8) is 0 Å². The van der Waals surface area contributed by atoms with Gasteiger partial charge in [0, 0.05) is 31.5 Å². The van der Waals surface area contributed by atoms with E-state index >= 15 is 0 Å². The first kappa shape index (κ1) is 22.9. The summed E-state index contributed by atoms with van der Waals surface area (Å²) in [5.74, 6) is 0.560. The molecule has 0 atom stereocenters. The lowest BCUT2D eigenvalue weighted by molar-refractivity contribution is -0.123. The molecule has 2 heterocycles. The lowest BCUT2D eigenvalue weighted by atomic mass is 10.1. The first-order valence-electron chi connectivity index (χ1n) is 10.5. The van der Waals surface area contributed by atoms with Crippen LogP contribution in [0, 0.1) is 6.92 Å². The van der Waals surface area contributed by atoms with Crippen molar-refractivity contribution >= 4 is 46.2 Å². The number of carbonyl (C=O) groups excluding carboxylic acids is 2. The number of aryl methyl sites for hydroxylation is 1. The monoisotopic (exact) mass is 478 g/mol. The van der Waals surface area contributed by atoms with Crippen LogP contribution >= 0.6 is 24.0 Å². The fourth-order valence-electron chi connectivity index (χ4n) is 3.17. The molecule has 0 spiro atoms. The van der Waals surface area contributed by atoms with Crippen molar-refractivity contribution in [3.05, 3.63) is 76.5 Å². The van der Waals surface area contributed by atoms with Crippen LogP contribution in [-0.2, 0) is 16.0 Å². The number of nitrogens with one attached hydrogen (secondary N) is 1. The number of aromatic nitrogens is 2. The Balaban J connectivity index is 1.23. The van der Waals surface area contributed by atoms with Gasteiger partial charge in [0.05, 0.1) is 4.91 Å². The van der Waals surface area contributed by atoms with Crippen LogP contribution in [0.5, 0.6) is 0 Å². The van der Waals surface area contributed by atoms with Crippen molar-refractivity contribution in [2.75, 3.05) is 13.1 Å². The summed E-state index contributed by atoms with van der Waals surface area (Å²) in [4.78, 5) is 27.0. The quantitative estimate of drug-likeness (QED) is 0.387. The minimum Gasteiger partial charge on any atom is -0.421 e. The Kier molecular flexibility index (Phi) is 7.31. The van der Waals surface area contributed by atoms with Crippen LogP contribution in [0.15, 0.2) is 63.9 Å². The predicted molar refractivity (Wildman–Crippen MR) is 132 cm³/mol. The van der Waals surface area contributed by atoms with E-state index in [1.165, 1.54) is 16.7 Å². The molecule has 1 aliphatic rings. The molecule has 0 bridgehead atoms. The largest absolute Gasteiger partial charge is 0.421 e. The molecule has 3 aromatic rings. The summed E-state index contributed by atoms with van der Waals surface area (Å²) in [5.41, 5.74) is 2.94. The smallest absolute Gasteiger partial charge is 0.266 e. The van der Waals surface area contributed by atoms with Gasteiger partial charge in [-0.25, -0.2) is 0 Å². The molecule has 0 radical (unpaired) electrons. The molecule has 2 aromatic carbocycles. The van der Waals surface area contributed by atoms with Crippen LogP contribution in [0.3, 0.4) is 0 Å². The van der Waals surface area contributed by atoms with Crippen LogP contribution in [0.1, 0.15) is 23.4 Å². The van der Waals surface area contributed by atoms with Gasteiger partial charge in [0.2, 0.25) is 17.7 Å². The number of amides is 2. The standard InChI is InChI=1S/C24H22N4O3S2/c1-16-7-9-17(10-8-16)15-19-23(30)28(24(32)33-19)14-12-20(29)25-13-11-21-26-27-22(31-21)18-5-3-2-4-6-18/h2-10,15H,11-14H2,1H3,(H,25,29)/b19-15-. The highest BCUT2D eigenvalue weighted by molar-refractivity contribution is 8.26. The molecule has 9 heteroatoms. The zero-order valence-corrected chi connectivity index (χ0v) is 19.6. The Morgan fingerprint density at radius 2 is 1.91 bits per heavy atom. The molecule has 1 aliphatic heterocycles. The summed E-state index contributed by atoms with van der Waals surface area (Å²) in [5, 5.41) is 10.9. The highest BCUT2D eigenvalue weighted by atomic mass is 32.2. The zero-order chi connectivity index (χ0) is 23.2. The van der Waals surface area contributed by atoms with Gasteiger partial charge in [0.15, 0.2) is 0 Å². The van der Waals surface area contributed by atoms with E-state index in [0.717, 1.165) is 16.7 Å². The number of hydrogen-bond donors (Lipinski definition) is 1. The van der Waals surface area contributed by atoms with Crippen molar-refractivity contribution in [1.29, 1.82) is 0 Å². The second kappa shape index (κ2) is 10.5. The number of rotatable bonds is 8. The maximum Gasteiger partial charge on any atom is 0.266 e. The minimum absolute atomic E-state index is 0.156. The van der Waals surface area contributed by atoms with Gasteiger partial charge in [-0.05, 0) is 30.7 Å². The average Bonchev–Trinajstić information content (AvgIpc) is 3.39. The van der Waals surface area contributed by atoms with E-state index in [9.17, 15) is 9.59 Å². The number of thioether (sulfide) groups is 1. The first-order chi connectivity index (χ1) is 16.0. The molecular formula is C24H22N4O3S2. The van der Waals surface area contributed by atoms with Gasteiger partial charge < -0.3 is 9.73 Å². The third-order valence-corrected chi connectivity index (χ3v) is 6.34. The summed E-state index contributed by atoms with van der Waals surface area (Å²) in [6.45, 7) is 2.61. The van der Waals surface area contributed by atoms with E-state index in [2.05, 4.69) is 15.5 Å². The van der Waals surface area contributed by atoms with Crippen molar-refractivity contribution in [3.8, 4) is 11.5 Å². The molecule has 0 aliphatic carbocycles. The molecular weight excluding hydrogens is 456 g/mol. The van der Waals surface area contributed by atoms with Gasteiger partial charge in [-0.3, -0.25) is 14.5 Å². The van der Waals surface area contributed by atoms with Crippen LogP contribution in [0.4, 0.5) is 0 Å². The lowest BCUT2D eigenvalue weighted by Gasteiger charge is -2.14. The van der Waals surface area contributed by atoms with Gasteiger partial charge >= 0.3 is 0 Å². The fraction of sp³-hybridized carbons (Fsp3) is 0.208. The first-order valence-corrected chi connectivity index (χ1v) is 11.7. The molecule has 7 nitrogen and oxygen atoms in total. The number of carbonyl (C=O) groups is 2. The van der Waals surface area contributed by atoms with E-state index in [-0.39, 0.29) is 24.8 Å². The van der Waals surface area contributed by atoms with E-state index in [4.69, 9.17) is 16.6 Å². The molecule has 4 rings (SSSR count). The van der Waals surface area contributed by atoms with Crippen molar-refractivity contribution in [1.82, 2.24) is 20.4 Å². The van der Waals surface area contributed by atoms with Crippen LogP contribution in [-0.4, -0.2) is 44.3 Å². The van der Waals surface area contributed by atoms with Crippen molar-refractivity contribution in [2.24, 2.45) is 0 Å². The van der Waals surface area contributed by atoms with Gasteiger partial charge in [-0.2, -0.15) is 0 Å². The highest BCUT2D eigenvalue weighted by Gasteiger charge is 2.32. The Hall–Kier alpha value is -3.30. The average molecular weight is 479 g/mol. The van der Waals surface area contributed by atoms with E-state index < -0.39 is 0 Å². The SMILES string of the molecule is Cc1ccc(/C=C2\SC(=S)N(CCC(=O)NCCc3nnc(-c4ccccc4)o3)C2=O)cc1. The third-order valence-electron chi connectivity index (χ3n) is 4.96. The van der Waals surface area contributed by atoms with E-state index in [0.29, 0.717) is 34.0 Å². The summed E-state index contributed by atoms with van der Waals surface area (Å²) in [7, 11) is 0. The lowest BCUT2D eigenvalue weighted by Crippen LogP contribution is -2.34. The Bertz CT molecular complexity index is 1190. The maximum absolute atomic E-state index is 12.7. The second-order valence-electron chi connectivity index (χ2n) is 7.46. The molecule has 1 aromatic heterocycles. The maximum atomic E-state index is 12.7. The van der Waals surface area contributed by atoms with E-state index in [1.807, 2.05) is 67.6 Å². The van der Waals surface area contributed by atoms with Crippen molar-refractivity contribution < 1.29 is 14.0 Å². The molecule has 2 amide bonds. The highest BCUT2D eigenvalue weighted by Crippen LogP contribution is 2.32. The second-order valence-corrected chi connectivity index (χ2v) is 9.14. The summed E-state index contributed by atoms with van der Waals surface area (Å²) < 4.78 is 6.10. The van der Waals surface area contributed by atoms with Gasteiger partial charge in [-0.1, -0.05) is 72.0 Å². The normalized spacial score (nSPS) is 14.8. The number of benzene rings is 2. The number of thiocarbonyl (C=S) groups is 1. The molecule has 1 fully saturated rings. The summed E-state index contributed by atoms with van der Waals surface area (Å²) in [6, 6.07) is 17.4. The number of nitrogens with zero attached hydrogens (tertiary/aromatic N) is 3. The Morgan fingerprint density at radius 3 is 2.67 bits per heavy atom. The fourth-order valence-corrected chi connectivity index (χ4v) is 4.48. The zero-order valence-electron chi connectivity index (χ0n) is 18.0.